The van der Waals surface area contributed by atoms with Crippen molar-refractivity contribution in [3.8, 4) is 0 Å². The van der Waals surface area contributed by atoms with Gasteiger partial charge in [-0.25, -0.2) is 0 Å². The van der Waals surface area contributed by atoms with E-state index in [2.05, 4.69) is 242 Å². The summed E-state index contributed by atoms with van der Waals surface area (Å²) in [7, 11) is -5.24. The molecule has 8 rings (SSSR count). The van der Waals surface area contributed by atoms with Crippen molar-refractivity contribution in [2.24, 2.45) is 16.2 Å². The lowest BCUT2D eigenvalue weighted by Gasteiger charge is -2.69. The van der Waals surface area contributed by atoms with Gasteiger partial charge < -0.3 is 58.5 Å². The number of aliphatic hydroxyl groups is 2. The molecule has 3 atom stereocenters. The minimum absolute atomic E-state index is 0.0624. The third-order valence-electron chi connectivity index (χ3n) is 19.7. The summed E-state index contributed by atoms with van der Waals surface area (Å²) in [5.41, 5.74) is 12.4. The first kappa shape index (κ1) is 75.3. The molecule has 500 valence electrons. The predicted molar refractivity (Wildman–Crippen MR) is 365 cm³/mol. The van der Waals surface area contributed by atoms with Crippen molar-refractivity contribution < 1.29 is 58.5 Å². The van der Waals surface area contributed by atoms with E-state index in [0.29, 0.717) is 0 Å². The number of benzene rings is 4. The fourth-order valence-electron chi connectivity index (χ4n) is 14.1. The van der Waals surface area contributed by atoms with Crippen LogP contribution in [0.4, 0.5) is 0 Å². The normalized spacial score (nSPS) is 24.4. The molecule has 2 spiro atoms. The van der Waals surface area contributed by atoms with Crippen LogP contribution in [0.1, 0.15) is 315 Å². The van der Waals surface area contributed by atoms with Gasteiger partial charge in [-0.3, -0.25) is 0 Å². The lowest BCUT2D eigenvalue weighted by molar-refractivity contribution is -0.464. The largest absolute Gasteiger partial charge is 0.396 e. The molecule has 8 N–H and O–H groups in total. The summed E-state index contributed by atoms with van der Waals surface area (Å²) in [6, 6.07) is 20.1. The molecule has 14 heteroatoms. The molecular weight excluding hydrogens is 1150 g/mol. The zero-order chi connectivity index (χ0) is 68.5. The molecule has 3 heterocycles. The lowest BCUT2D eigenvalue weighted by Crippen LogP contribution is -2.72. The van der Waals surface area contributed by atoms with Crippen molar-refractivity contribution in [2.75, 3.05) is 26.4 Å². The highest BCUT2D eigenvalue weighted by atomic mass is 31.2. The average Bonchev–Trinajstić information content (AvgIpc) is 0.657. The first-order valence-corrected chi connectivity index (χ1v) is 34.6. The summed E-state index contributed by atoms with van der Waals surface area (Å²) >= 11 is 0. The van der Waals surface area contributed by atoms with Crippen LogP contribution in [0.3, 0.4) is 0 Å². The molecule has 12 nitrogen and oxygen atoms in total. The summed E-state index contributed by atoms with van der Waals surface area (Å²) < 4.78 is 33.4. The van der Waals surface area contributed by atoms with E-state index in [1.165, 1.54) is 55.6 Å². The SMILES string of the molecule is CC1c2cc(C(C)(C)C)cc(C(C)(C)C)c2C2OC(C(C)(C)CO)(OC3(c4c(cc(C(C)(C)C)cc4C(C)(C)C)C(C)c4cc(C(C)(C)C)cc(C(C)(C)C)c43)C23COC(C(C)(C)CO)OC3)c2c1cc(C(C)(C)C)cc2C(C)(C)C.OP(O)O.OP(O)O. The molecule has 2 fully saturated rings. The number of hydrogen-bond acceptors (Lipinski definition) is 12. The Morgan fingerprint density at radius 1 is 0.404 bits per heavy atom. The van der Waals surface area contributed by atoms with Crippen molar-refractivity contribution in [3.05, 3.63) is 138 Å². The molecule has 1 aliphatic carbocycles. The summed E-state index contributed by atoms with van der Waals surface area (Å²) in [5, 5.41) is 23.9. The van der Waals surface area contributed by atoms with Crippen LogP contribution in [-0.2, 0) is 73.7 Å². The van der Waals surface area contributed by atoms with Crippen LogP contribution in [0.5, 0.6) is 0 Å². The lowest BCUT2D eigenvalue weighted by atomic mass is 9.50. The zero-order valence-electron chi connectivity index (χ0n) is 60.4. The van der Waals surface area contributed by atoms with Gasteiger partial charge in [0.25, 0.3) is 0 Å². The fraction of sp³-hybridized carbons (Fsp3) is 0.680. The molecule has 0 saturated carbocycles. The molecule has 4 aromatic carbocycles. The number of aliphatic hydroxyl groups excluding tert-OH is 2. The molecule has 2 bridgehead atoms. The predicted octanol–water partition coefficient (Wildman–Crippen LogP) is 16.7. The smallest absolute Gasteiger partial charge is 0.324 e. The van der Waals surface area contributed by atoms with Crippen LogP contribution < -0.4 is 0 Å². The standard InChI is InChI=1S/C75H112O6.2H3O3P/c1-43-49-31-45(63(3,4)5)35-53(67(15,16)17)57(49)61-73(41-78-62(79-42-73)71(27,28)39-76)74(81-75(80-61,72(29,30)40-77)60-52(43)34-48(66(12,13)14)38-56(60)70(24,25)26)58-50(32-46(64(6,7)8)36-54(58)68(18,19)20)44(2)51-33-47(65(9,10)11)37-55(59(51)74)69(21,22)23;2*1-4(2)3/h31-38,43-44,61-62,76-77H,39-42H2,1-30H3;2*1-3H. The highest BCUT2D eigenvalue weighted by molar-refractivity contribution is 7.38. The Morgan fingerprint density at radius 2 is 0.697 bits per heavy atom. The van der Waals surface area contributed by atoms with Gasteiger partial charge in [-0.1, -0.05) is 256 Å². The van der Waals surface area contributed by atoms with Gasteiger partial charge in [-0.2, -0.15) is 0 Å². The third kappa shape index (κ3) is 13.9. The molecule has 0 radical (unpaired) electrons. The van der Waals surface area contributed by atoms with Crippen LogP contribution in [-0.4, -0.2) is 72.3 Å². The number of hydrogen-bond donors (Lipinski definition) is 8. The van der Waals surface area contributed by atoms with Gasteiger partial charge in [0.15, 0.2) is 6.29 Å². The fourth-order valence-corrected chi connectivity index (χ4v) is 14.1. The Labute approximate surface area is 540 Å². The minimum Gasteiger partial charge on any atom is -0.396 e. The quantitative estimate of drug-likeness (QED) is 0.0901. The van der Waals surface area contributed by atoms with Crippen LogP contribution >= 0.6 is 17.2 Å². The van der Waals surface area contributed by atoms with Crippen LogP contribution in [0.25, 0.3) is 0 Å². The maximum Gasteiger partial charge on any atom is 0.324 e. The summed E-state index contributed by atoms with van der Waals surface area (Å²) in [4.78, 5) is 43.4. The highest BCUT2D eigenvalue weighted by Crippen LogP contribution is 2.74. The Kier molecular flexibility index (Phi) is 20.7. The van der Waals surface area contributed by atoms with Crippen LogP contribution in [0, 0.1) is 16.2 Å². The van der Waals surface area contributed by atoms with Gasteiger partial charge in [0.2, 0.25) is 5.79 Å². The molecular formula is C75H118O12P2. The second-order valence-corrected chi connectivity index (χ2v) is 37.2. The van der Waals surface area contributed by atoms with E-state index in [0.717, 1.165) is 33.4 Å². The van der Waals surface area contributed by atoms with E-state index in [1.807, 2.05) is 13.8 Å². The number of fused-ring (bicyclic) bond motifs is 12. The second kappa shape index (κ2) is 24.5. The van der Waals surface area contributed by atoms with E-state index >= 15 is 0 Å². The van der Waals surface area contributed by atoms with Crippen LogP contribution in [0.15, 0.2) is 48.5 Å². The van der Waals surface area contributed by atoms with Crippen molar-refractivity contribution >= 4 is 17.2 Å². The van der Waals surface area contributed by atoms with E-state index in [-0.39, 0.29) is 65.3 Å². The zero-order valence-corrected chi connectivity index (χ0v) is 62.2. The molecule has 4 aliphatic rings. The molecule has 3 unspecified atom stereocenters. The topological polar surface area (TPSA) is 199 Å². The van der Waals surface area contributed by atoms with Crippen LogP contribution in [0.2, 0.25) is 0 Å². The van der Waals surface area contributed by atoms with Gasteiger partial charge in [0.1, 0.15) is 11.7 Å². The molecule has 3 aliphatic heterocycles. The molecule has 0 amide bonds. The van der Waals surface area contributed by atoms with Gasteiger partial charge >= 0.3 is 17.2 Å². The molecule has 89 heavy (non-hydrogen) atoms. The van der Waals surface area contributed by atoms with Gasteiger partial charge in [-0.05, 0) is 127 Å². The van der Waals surface area contributed by atoms with E-state index in [4.69, 9.17) is 43.6 Å². The van der Waals surface area contributed by atoms with Crippen molar-refractivity contribution in [1.82, 2.24) is 0 Å². The Bertz CT molecular complexity index is 3090. The van der Waals surface area contributed by atoms with E-state index in [1.54, 1.807) is 0 Å². The highest BCUT2D eigenvalue weighted by Gasteiger charge is 2.76. The van der Waals surface area contributed by atoms with E-state index < -0.39 is 73.5 Å². The van der Waals surface area contributed by atoms with Crippen molar-refractivity contribution in [3.63, 3.8) is 0 Å². The van der Waals surface area contributed by atoms with E-state index in [9.17, 15) is 14.9 Å². The van der Waals surface area contributed by atoms with Crippen molar-refractivity contribution in [1.29, 1.82) is 0 Å². The summed E-state index contributed by atoms with van der Waals surface area (Å²) in [6.07, 6.45) is -1.50. The average molecular weight is 1270 g/mol. The third-order valence-corrected chi connectivity index (χ3v) is 19.7. The maximum absolute atomic E-state index is 12.7. The Morgan fingerprint density at radius 3 is 1.00 bits per heavy atom. The van der Waals surface area contributed by atoms with Crippen molar-refractivity contribution in [2.45, 2.75) is 287 Å². The van der Waals surface area contributed by atoms with Gasteiger partial charge in [0.05, 0.1) is 31.8 Å². The molecule has 2 saturated heterocycles. The number of rotatable bonds is 4. The monoisotopic (exact) mass is 1270 g/mol. The number of ether oxygens (including phenoxy) is 4. The minimum atomic E-state index is -2.62. The Hall–Kier alpha value is -2.74. The molecule has 4 aromatic rings. The maximum atomic E-state index is 12.7. The first-order chi connectivity index (χ1) is 39.9. The summed E-state index contributed by atoms with van der Waals surface area (Å²) in [5.74, 6) is -1.86. The Balaban J connectivity index is 0.00000149. The summed E-state index contributed by atoms with van der Waals surface area (Å²) in [6.45, 7) is 69.8. The molecule has 0 aromatic heterocycles. The van der Waals surface area contributed by atoms with Gasteiger partial charge in [0, 0.05) is 28.2 Å². The first-order valence-electron chi connectivity index (χ1n) is 32.2. The van der Waals surface area contributed by atoms with Gasteiger partial charge in [-0.15, -0.1) is 0 Å². The second-order valence-electron chi connectivity index (χ2n) is 36.2.